The van der Waals surface area contributed by atoms with Gasteiger partial charge in [0.2, 0.25) is 5.91 Å². The van der Waals surface area contributed by atoms with Gasteiger partial charge in [-0.3, -0.25) is 4.79 Å². The zero-order valence-corrected chi connectivity index (χ0v) is 10.8. The van der Waals surface area contributed by atoms with Crippen LogP contribution in [0, 0.1) is 6.92 Å². The van der Waals surface area contributed by atoms with E-state index in [2.05, 4.69) is 20.4 Å². The maximum atomic E-state index is 12.0. The van der Waals surface area contributed by atoms with E-state index in [1.165, 1.54) is 6.33 Å². The van der Waals surface area contributed by atoms with Gasteiger partial charge < -0.3 is 10.2 Å². The molecule has 0 atom stereocenters. The summed E-state index contributed by atoms with van der Waals surface area (Å²) in [5.74, 6) is 1.41. The highest BCUT2D eigenvalue weighted by atomic mass is 16.2. The molecule has 3 heterocycles. The van der Waals surface area contributed by atoms with Crippen LogP contribution in [0.15, 0.2) is 12.4 Å². The van der Waals surface area contributed by atoms with Gasteiger partial charge in [-0.25, -0.2) is 4.98 Å². The third kappa shape index (κ3) is 2.35. The Bertz CT molecular complexity index is 601. The van der Waals surface area contributed by atoms with Crippen molar-refractivity contribution in [1.82, 2.24) is 24.5 Å². The Balaban J connectivity index is 1.74. The Kier molecular flexibility index (Phi) is 3.02. The number of likely N-dealkylation sites (tertiary alicyclic amines) is 1. The molecule has 1 aliphatic rings. The van der Waals surface area contributed by atoms with Crippen LogP contribution in [0.25, 0.3) is 5.78 Å². The number of aryl methyl sites for hydroxylation is 1. The molecule has 1 saturated heterocycles. The molecule has 7 nitrogen and oxygen atoms in total. The Labute approximate surface area is 110 Å². The van der Waals surface area contributed by atoms with Gasteiger partial charge in [0.05, 0.1) is 6.54 Å². The van der Waals surface area contributed by atoms with E-state index in [0.29, 0.717) is 5.78 Å². The number of nitrogens with one attached hydrogen (secondary N) is 1. The molecule has 0 aromatic carbocycles. The average molecular weight is 260 g/mol. The van der Waals surface area contributed by atoms with E-state index in [1.54, 1.807) is 4.52 Å². The van der Waals surface area contributed by atoms with Gasteiger partial charge >= 0.3 is 0 Å². The van der Waals surface area contributed by atoms with Crippen LogP contribution in [-0.2, 0) is 4.79 Å². The smallest absolute Gasteiger partial charge is 0.254 e. The first-order valence-electron chi connectivity index (χ1n) is 6.43. The second kappa shape index (κ2) is 4.83. The summed E-state index contributed by atoms with van der Waals surface area (Å²) in [5, 5.41) is 7.21. The van der Waals surface area contributed by atoms with E-state index in [4.69, 9.17) is 0 Å². The first-order chi connectivity index (χ1) is 9.24. The van der Waals surface area contributed by atoms with E-state index in [1.807, 2.05) is 17.9 Å². The molecule has 0 spiro atoms. The van der Waals surface area contributed by atoms with Crippen LogP contribution in [0.5, 0.6) is 0 Å². The van der Waals surface area contributed by atoms with Gasteiger partial charge in [-0.15, -0.1) is 0 Å². The molecule has 2 aromatic heterocycles. The van der Waals surface area contributed by atoms with Crippen LogP contribution in [0.3, 0.4) is 0 Å². The lowest BCUT2D eigenvalue weighted by atomic mass is 10.4. The third-order valence-corrected chi connectivity index (χ3v) is 3.26. The van der Waals surface area contributed by atoms with Crippen molar-refractivity contribution in [2.75, 3.05) is 25.0 Å². The molecule has 0 radical (unpaired) electrons. The van der Waals surface area contributed by atoms with Gasteiger partial charge in [0.1, 0.15) is 12.1 Å². The fourth-order valence-electron chi connectivity index (χ4n) is 2.30. The van der Waals surface area contributed by atoms with Crippen molar-refractivity contribution < 1.29 is 4.79 Å². The lowest BCUT2D eigenvalue weighted by Gasteiger charge is -2.16. The number of amides is 1. The minimum atomic E-state index is 0.125. The number of hydrogen-bond donors (Lipinski definition) is 1. The molecule has 0 bridgehead atoms. The van der Waals surface area contributed by atoms with Gasteiger partial charge in [-0.1, -0.05) is 0 Å². The van der Waals surface area contributed by atoms with E-state index in [0.717, 1.165) is 37.4 Å². The molecule has 2 aromatic rings. The number of aromatic nitrogens is 4. The SMILES string of the molecule is Cc1cc(NCC(=O)N2CCCC2)n2ncnc2n1. The molecule has 1 aliphatic heterocycles. The predicted molar refractivity (Wildman–Crippen MR) is 69.8 cm³/mol. The number of fused-ring (bicyclic) bond motifs is 1. The van der Waals surface area contributed by atoms with Gasteiger partial charge in [0, 0.05) is 24.8 Å². The molecule has 0 saturated carbocycles. The van der Waals surface area contributed by atoms with Crippen LogP contribution in [0.1, 0.15) is 18.5 Å². The standard InChI is InChI=1S/C12H16N6O/c1-9-6-10(18-12(16-9)14-8-15-18)13-7-11(19)17-4-2-3-5-17/h6,8,13H,2-5,7H2,1H3. The minimum Gasteiger partial charge on any atom is -0.361 e. The highest BCUT2D eigenvalue weighted by Crippen LogP contribution is 2.11. The van der Waals surface area contributed by atoms with Crippen LogP contribution in [0.2, 0.25) is 0 Å². The van der Waals surface area contributed by atoms with E-state index < -0.39 is 0 Å². The van der Waals surface area contributed by atoms with Crippen molar-refractivity contribution in [3.8, 4) is 0 Å². The molecule has 1 fully saturated rings. The zero-order valence-electron chi connectivity index (χ0n) is 10.8. The number of hydrogen-bond acceptors (Lipinski definition) is 5. The van der Waals surface area contributed by atoms with Gasteiger partial charge in [0.15, 0.2) is 0 Å². The van der Waals surface area contributed by atoms with Crippen LogP contribution in [0.4, 0.5) is 5.82 Å². The van der Waals surface area contributed by atoms with Crippen molar-refractivity contribution >= 4 is 17.5 Å². The van der Waals surface area contributed by atoms with E-state index >= 15 is 0 Å². The summed E-state index contributed by atoms with van der Waals surface area (Å²) >= 11 is 0. The number of carbonyl (C=O) groups is 1. The minimum absolute atomic E-state index is 0.125. The largest absolute Gasteiger partial charge is 0.361 e. The highest BCUT2D eigenvalue weighted by molar-refractivity contribution is 5.80. The quantitative estimate of drug-likeness (QED) is 0.868. The second-order valence-electron chi connectivity index (χ2n) is 4.70. The molecule has 3 rings (SSSR count). The van der Waals surface area contributed by atoms with Crippen LogP contribution >= 0.6 is 0 Å². The summed E-state index contributed by atoms with van der Waals surface area (Å²) in [7, 11) is 0. The first kappa shape index (κ1) is 11.9. The number of rotatable bonds is 3. The maximum absolute atomic E-state index is 12.0. The maximum Gasteiger partial charge on any atom is 0.254 e. The fourth-order valence-corrected chi connectivity index (χ4v) is 2.30. The van der Waals surface area contributed by atoms with E-state index in [-0.39, 0.29) is 12.5 Å². The summed E-state index contributed by atoms with van der Waals surface area (Å²) in [4.78, 5) is 22.2. The lowest BCUT2D eigenvalue weighted by Crippen LogP contribution is -2.33. The Morgan fingerprint density at radius 2 is 2.21 bits per heavy atom. The number of anilines is 1. The summed E-state index contributed by atoms with van der Waals surface area (Å²) in [6.07, 6.45) is 3.66. The third-order valence-electron chi connectivity index (χ3n) is 3.26. The molecule has 1 amide bonds. The molecule has 7 heteroatoms. The van der Waals surface area contributed by atoms with Gasteiger partial charge in [-0.05, 0) is 19.8 Å². The lowest BCUT2D eigenvalue weighted by molar-refractivity contribution is -0.128. The molecule has 19 heavy (non-hydrogen) atoms. The molecule has 0 unspecified atom stereocenters. The molecule has 1 N–H and O–H groups in total. The molecular weight excluding hydrogens is 244 g/mol. The Hall–Kier alpha value is -2.18. The number of nitrogens with zero attached hydrogens (tertiary/aromatic N) is 5. The molecular formula is C12H16N6O. The van der Waals surface area contributed by atoms with Gasteiger partial charge in [-0.2, -0.15) is 14.6 Å². The topological polar surface area (TPSA) is 75.4 Å². The van der Waals surface area contributed by atoms with Crippen molar-refractivity contribution in [3.63, 3.8) is 0 Å². The average Bonchev–Trinajstić information content (AvgIpc) is 3.05. The zero-order chi connectivity index (χ0) is 13.2. The second-order valence-corrected chi connectivity index (χ2v) is 4.70. The van der Waals surface area contributed by atoms with Crippen molar-refractivity contribution in [1.29, 1.82) is 0 Å². The van der Waals surface area contributed by atoms with E-state index in [9.17, 15) is 4.79 Å². The Morgan fingerprint density at radius 3 is 3.00 bits per heavy atom. The predicted octanol–water partition coefficient (Wildman–Crippen LogP) is 0.467. The summed E-state index contributed by atoms with van der Waals surface area (Å²) in [5.41, 5.74) is 0.844. The normalized spacial score (nSPS) is 15.1. The molecule has 0 aliphatic carbocycles. The summed E-state index contributed by atoms with van der Waals surface area (Å²) < 4.78 is 1.60. The van der Waals surface area contributed by atoms with Crippen molar-refractivity contribution in [3.05, 3.63) is 18.1 Å². The van der Waals surface area contributed by atoms with Crippen LogP contribution in [-0.4, -0.2) is 50.0 Å². The Morgan fingerprint density at radius 1 is 1.42 bits per heavy atom. The monoisotopic (exact) mass is 260 g/mol. The van der Waals surface area contributed by atoms with Crippen LogP contribution < -0.4 is 5.32 Å². The van der Waals surface area contributed by atoms with Gasteiger partial charge in [0.25, 0.3) is 5.78 Å². The van der Waals surface area contributed by atoms with Crippen molar-refractivity contribution in [2.24, 2.45) is 0 Å². The summed E-state index contributed by atoms with van der Waals surface area (Å²) in [6, 6.07) is 1.86. The molecule has 100 valence electrons. The summed E-state index contributed by atoms with van der Waals surface area (Å²) in [6.45, 7) is 3.91. The fraction of sp³-hybridized carbons (Fsp3) is 0.500. The first-order valence-corrected chi connectivity index (χ1v) is 6.43. The highest BCUT2D eigenvalue weighted by Gasteiger charge is 2.17. The van der Waals surface area contributed by atoms with Crippen molar-refractivity contribution in [2.45, 2.75) is 19.8 Å². The number of carbonyl (C=O) groups excluding carboxylic acids is 1.